The van der Waals surface area contributed by atoms with E-state index in [1.807, 2.05) is 19.9 Å². The average molecular weight is 367 g/mol. The molecule has 8 heteroatoms. The molecule has 2 aromatic heterocycles. The van der Waals surface area contributed by atoms with Crippen molar-refractivity contribution in [2.45, 2.75) is 39.3 Å². The van der Waals surface area contributed by atoms with Crippen LogP contribution in [0.2, 0.25) is 0 Å². The molecule has 1 aromatic carbocycles. The molecule has 0 aliphatic carbocycles. The predicted octanol–water partition coefficient (Wildman–Crippen LogP) is 2.57. The number of benzene rings is 1. The van der Waals surface area contributed by atoms with Crippen LogP contribution in [0.4, 0.5) is 4.79 Å². The SMILES string of the molecule is Cc1noc(C)c1[C@@H]1CCCN1C(=O)NCc1nc2ccccc2c(=O)[nH]1. The van der Waals surface area contributed by atoms with Crippen molar-refractivity contribution in [3.05, 3.63) is 57.5 Å². The smallest absolute Gasteiger partial charge is 0.318 e. The van der Waals surface area contributed by atoms with E-state index in [0.717, 1.165) is 29.9 Å². The van der Waals surface area contributed by atoms with Gasteiger partial charge in [-0.1, -0.05) is 17.3 Å². The number of fused-ring (bicyclic) bond motifs is 1. The van der Waals surface area contributed by atoms with Crippen LogP contribution in [-0.2, 0) is 6.54 Å². The minimum absolute atomic E-state index is 0.0418. The number of amides is 2. The monoisotopic (exact) mass is 367 g/mol. The Kier molecular flexibility index (Phi) is 4.39. The van der Waals surface area contributed by atoms with Crippen LogP contribution in [0.25, 0.3) is 10.9 Å². The third-order valence-corrected chi connectivity index (χ3v) is 5.00. The summed E-state index contributed by atoms with van der Waals surface area (Å²) >= 11 is 0. The zero-order valence-corrected chi connectivity index (χ0v) is 15.3. The lowest BCUT2D eigenvalue weighted by molar-refractivity contribution is 0.192. The number of carbonyl (C=O) groups excluding carboxylic acids is 1. The summed E-state index contributed by atoms with van der Waals surface area (Å²) in [5, 5.41) is 7.40. The number of aryl methyl sites for hydroxylation is 2. The minimum Gasteiger partial charge on any atom is -0.361 e. The van der Waals surface area contributed by atoms with Gasteiger partial charge in [-0.25, -0.2) is 9.78 Å². The highest BCUT2D eigenvalue weighted by Gasteiger charge is 2.33. The number of urea groups is 1. The Hall–Kier alpha value is -3.16. The fourth-order valence-corrected chi connectivity index (χ4v) is 3.76. The molecule has 0 spiro atoms. The fourth-order valence-electron chi connectivity index (χ4n) is 3.76. The highest BCUT2D eigenvalue weighted by molar-refractivity contribution is 5.77. The number of aromatic amines is 1. The van der Waals surface area contributed by atoms with E-state index in [9.17, 15) is 9.59 Å². The molecule has 1 saturated heterocycles. The topological polar surface area (TPSA) is 104 Å². The number of para-hydroxylation sites is 1. The van der Waals surface area contributed by atoms with Crippen LogP contribution in [0.5, 0.6) is 0 Å². The van der Waals surface area contributed by atoms with Gasteiger partial charge in [-0.05, 0) is 38.8 Å². The summed E-state index contributed by atoms with van der Waals surface area (Å²) in [5.74, 6) is 1.18. The van der Waals surface area contributed by atoms with Gasteiger partial charge in [0, 0.05) is 12.1 Å². The van der Waals surface area contributed by atoms with E-state index in [1.165, 1.54) is 0 Å². The van der Waals surface area contributed by atoms with Crippen LogP contribution in [0, 0.1) is 13.8 Å². The lowest BCUT2D eigenvalue weighted by Crippen LogP contribution is -2.39. The normalized spacial score (nSPS) is 16.8. The number of rotatable bonds is 3. The number of aromatic nitrogens is 3. The summed E-state index contributed by atoms with van der Waals surface area (Å²) in [7, 11) is 0. The van der Waals surface area contributed by atoms with Gasteiger partial charge in [-0.3, -0.25) is 4.79 Å². The molecule has 8 nitrogen and oxygen atoms in total. The first-order valence-electron chi connectivity index (χ1n) is 9.00. The number of nitrogens with zero attached hydrogens (tertiary/aromatic N) is 3. The van der Waals surface area contributed by atoms with Gasteiger partial charge < -0.3 is 19.7 Å². The molecule has 0 radical (unpaired) electrons. The predicted molar refractivity (Wildman–Crippen MR) is 99.3 cm³/mol. The van der Waals surface area contributed by atoms with E-state index in [2.05, 4.69) is 20.4 Å². The lowest BCUT2D eigenvalue weighted by Gasteiger charge is -2.25. The van der Waals surface area contributed by atoms with Crippen molar-refractivity contribution in [1.29, 1.82) is 0 Å². The summed E-state index contributed by atoms with van der Waals surface area (Å²) in [4.78, 5) is 33.8. The molecule has 0 bridgehead atoms. The van der Waals surface area contributed by atoms with Crippen LogP contribution in [0.1, 0.15) is 41.7 Å². The first-order valence-corrected chi connectivity index (χ1v) is 9.00. The second-order valence-electron chi connectivity index (χ2n) is 6.78. The zero-order valence-electron chi connectivity index (χ0n) is 15.3. The first kappa shape index (κ1) is 17.3. The maximum Gasteiger partial charge on any atom is 0.318 e. The number of hydrogen-bond donors (Lipinski definition) is 2. The number of likely N-dealkylation sites (tertiary alicyclic amines) is 1. The molecule has 2 N–H and O–H groups in total. The van der Waals surface area contributed by atoms with Crippen LogP contribution in [0.3, 0.4) is 0 Å². The van der Waals surface area contributed by atoms with Gasteiger partial charge >= 0.3 is 6.03 Å². The molecule has 3 aromatic rings. The van der Waals surface area contributed by atoms with Gasteiger partial charge in [0.2, 0.25) is 0 Å². The maximum absolute atomic E-state index is 12.7. The van der Waals surface area contributed by atoms with Crippen LogP contribution >= 0.6 is 0 Å². The van der Waals surface area contributed by atoms with Crippen LogP contribution in [-0.4, -0.2) is 32.6 Å². The van der Waals surface area contributed by atoms with Gasteiger partial charge in [-0.15, -0.1) is 0 Å². The molecule has 0 unspecified atom stereocenters. The number of nitrogens with one attached hydrogen (secondary N) is 2. The summed E-state index contributed by atoms with van der Waals surface area (Å²) in [6.07, 6.45) is 1.80. The van der Waals surface area contributed by atoms with E-state index in [0.29, 0.717) is 23.3 Å². The van der Waals surface area contributed by atoms with Gasteiger partial charge in [0.05, 0.1) is 29.2 Å². The molecule has 140 valence electrons. The Balaban J connectivity index is 1.50. The van der Waals surface area contributed by atoms with Crippen molar-refractivity contribution < 1.29 is 9.32 Å². The third-order valence-electron chi connectivity index (χ3n) is 5.00. The number of hydrogen-bond acceptors (Lipinski definition) is 5. The number of carbonyl (C=O) groups is 1. The summed E-state index contributed by atoms with van der Waals surface area (Å²) < 4.78 is 5.26. The molecular formula is C19H21N5O3. The maximum atomic E-state index is 12.7. The van der Waals surface area contributed by atoms with Gasteiger partial charge in [0.15, 0.2) is 0 Å². The van der Waals surface area contributed by atoms with Gasteiger partial charge in [-0.2, -0.15) is 0 Å². The average Bonchev–Trinajstić information content (AvgIpc) is 3.26. The Morgan fingerprint density at radius 1 is 1.37 bits per heavy atom. The van der Waals surface area contributed by atoms with Crippen molar-refractivity contribution in [3.8, 4) is 0 Å². The minimum atomic E-state index is -0.209. The van der Waals surface area contributed by atoms with Crippen molar-refractivity contribution >= 4 is 16.9 Å². The highest BCUT2D eigenvalue weighted by atomic mass is 16.5. The molecule has 4 rings (SSSR count). The largest absolute Gasteiger partial charge is 0.361 e. The van der Waals surface area contributed by atoms with E-state index >= 15 is 0 Å². The second-order valence-corrected chi connectivity index (χ2v) is 6.78. The molecular weight excluding hydrogens is 346 g/mol. The molecule has 1 atom stereocenters. The third kappa shape index (κ3) is 3.18. The van der Waals surface area contributed by atoms with E-state index in [-0.39, 0.29) is 24.2 Å². The second kappa shape index (κ2) is 6.86. The van der Waals surface area contributed by atoms with E-state index in [1.54, 1.807) is 23.1 Å². The fraction of sp³-hybridized carbons (Fsp3) is 0.368. The zero-order chi connectivity index (χ0) is 19.0. The molecule has 1 aliphatic heterocycles. The molecule has 3 heterocycles. The van der Waals surface area contributed by atoms with Gasteiger partial charge in [0.1, 0.15) is 11.6 Å². The van der Waals surface area contributed by atoms with Crippen LogP contribution < -0.4 is 10.9 Å². The van der Waals surface area contributed by atoms with Crippen molar-refractivity contribution in [1.82, 2.24) is 25.3 Å². The molecule has 1 fully saturated rings. The quantitative estimate of drug-likeness (QED) is 0.740. The van der Waals surface area contributed by atoms with Gasteiger partial charge in [0.25, 0.3) is 5.56 Å². The lowest BCUT2D eigenvalue weighted by atomic mass is 10.0. The standard InChI is InChI=1S/C19H21N5O3/c1-11-17(12(2)27-23-11)15-8-5-9-24(15)19(26)20-10-16-21-14-7-4-3-6-13(14)18(25)22-16/h3-4,6-7,15H,5,8-10H2,1-2H3,(H,20,26)(H,21,22,25)/t15-/m0/s1. The molecule has 2 amide bonds. The highest BCUT2D eigenvalue weighted by Crippen LogP contribution is 2.35. The summed E-state index contributed by atoms with van der Waals surface area (Å²) in [6, 6.07) is 6.90. The molecule has 1 aliphatic rings. The van der Waals surface area contributed by atoms with Crippen molar-refractivity contribution in [3.63, 3.8) is 0 Å². The summed E-state index contributed by atoms with van der Waals surface area (Å²) in [6.45, 7) is 4.59. The Bertz CT molecular complexity index is 1040. The molecule has 0 saturated carbocycles. The summed E-state index contributed by atoms with van der Waals surface area (Å²) in [5.41, 5.74) is 2.21. The van der Waals surface area contributed by atoms with Crippen molar-refractivity contribution in [2.24, 2.45) is 0 Å². The Labute approximate surface area is 155 Å². The first-order chi connectivity index (χ1) is 13.0. The molecule has 27 heavy (non-hydrogen) atoms. The number of H-pyrrole nitrogens is 1. The van der Waals surface area contributed by atoms with E-state index in [4.69, 9.17) is 4.52 Å². The Morgan fingerprint density at radius 3 is 2.96 bits per heavy atom. The van der Waals surface area contributed by atoms with Crippen molar-refractivity contribution in [2.75, 3.05) is 6.54 Å². The van der Waals surface area contributed by atoms with Crippen LogP contribution in [0.15, 0.2) is 33.6 Å². The Morgan fingerprint density at radius 2 is 2.19 bits per heavy atom. The van der Waals surface area contributed by atoms with E-state index < -0.39 is 0 Å².